The molecular formula is C16H20BrN3O4S3. The minimum absolute atomic E-state index is 0.153. The first-order valence-electron chi connectivity index (χ1n) is 8.41. The van der Waals surface area contributed by atoms with Crippen molar-refractivity contribution in [2.45, 2.75) is 55.9 Å². The van der Waals surface area contributed by atoms with E-state index in [2.05, 4.69) is 31.0 Å². The van der Waals surface area contributed by atoms with E-state index in [1.807, 2.05) is 6.92 Å². The summed E-state index contributed by atoms with van der Waals surface area (Å²) in [6.45, 7) is 3.23. The van der Waals surface area contributed by atoms with E-state index in [0.717, 1.165) is 27.5 Å². The highest BCUT2D eigenvalue weighted by atomic mass is 79.9. The Labute approximate surface area is 174 Å². The summed E-state index contributed by atoms with van der Waals surface area (Å²) in [4.78, 5) is 16.4. The van der Waals surface area contributed by atoms with Crippen LogP contribution in [0.3, 0.4) is 0 Å². The van der Waals surface area contributed by atoms with Gasteiger partial charge in [0.25, 0.3) is 0 Å². The highest BCUT2D eigenvalue weighted by Crippen LogP contribution is 2.43. The maximum Gasteiger partial charge on any atom is 0.250 e. The first-order valence-corrected chi connectivity index (χ1v) is 12.3. The molecule has 0 aliphatic heterocycles. The molecule has 3 rings (SSSR count). The number of nitrogens with one attached hydrogen (secondary N) is 2. The van der Waals surface area contributed by atoms with Crippen LogP contribution in [0.2, 0.25) is 0 Å². The van der Waals surface area contributed by atoms with Crippen molar-refractivity contribution in [1.82, 2.24) is 9.71 Å². The lowest BCUT2D eigenvalue weighted by molar-refractivity contribution is -0.114. The zero-order valence-electron chi connectivity index (χ0n) is 14.8. The van der Waals surface area contributed by atoms with Gasteiger partial charge in [-0.15, -0.1) is 11.3 Å². The Kier molecular flexibility index (Phi) is 6.38. The number of rotatable bonds is 5. The van der Waals surface area contributed by atoms with Crippen LogP contribution >= 0.6 is 38.6 Å². The molecule has 0 spiro atoms. The molecule has 0 radical (unpaired) electrons. The molecule has 0 unspecified atom stereocenters. The molecule has 1 aliphatic carbocycles. The van der Waals surface area contributed by atoms with Gasteiger partial charge in [-0.2, -0.15) is 0 Å². The molecule has 2 aromatic heterocycles. The number of aliphatic hydroxyl groups excluding tert-OH is 1. The minimum Gasteiger partial charge on any atom is -0.393 e. The number of thiophene rings is 1. The molecule has 1 saturated carbocycles. The number of anilines is 1. The van der Waals surface area contributed by atoms with Crippen LogP contribution in [0.1, 0.15) is 38.3 Å². The zero-order valence-corrected chi connectivity index (χ0v) is 18.8. The Hall–Kier alpha value is -0.850. The number of carbonyl (C=O) groups excluding carboxylic acids is 1. The molecule has 0 saturated heterocycles. The SMILES string of the molecule is CC(=O)Nc1nc(C)c(-c2cc(S(=O)(=O)NC3CCC(O)CC3)sc2Br)s1. The molecule has 1 amide bonds. The van der Waals surface area contributed by atoms with E-state index in [4.69, 9.17) is 0 Å². The summed E-state index contributed by atoms with van der Waals surface area (Å²) in [6.07, 6.45) is 2.15. The van der Waals surface area contributed by atoms with Gasteiger partial charge in [0.1, 0.15) is 4.21 Å². The summed E-state index contributed by atoms with van der Waals surface area (Å²) in [5, 5.41) is 12.7. The summed E-state index contributed by atoms with van der Waals surface area (Å²) in [5.74, 6) is -0.204. The first-order chi connectivity index (χ1) is 12.7. The van der Waals surface area contributed by atoms with E-state index in [0.29, 0.717) is 34.6 Å². The number of nitrogens with zero attached hydrogens (tertiary/aromatic N) is 1. The fraction of sp³-hybridized carbons (Fsp3) is 0.500. The van der Waals surface area contributed by atoms with E-state index >= 15 is 0 Å². The minimum atomic E-state index is -3.64. The Bertz CT molecular complexity index is 946. The smallest absolute Gasteiger partial charge is 0.250 e. The number of halogens is 1. The molecule has 1 fully saturated rings. The van der Waals surface area contributed by atoms with Gasteiger partial charge in [0.05, 0.1) is 20.5 Å². The third kappa shape index (κ3) is 4.96. The number of thiazole rings is 1. The number of aromatic nitrogens is 1. The third-order valence-electron chi connectivity index (χ3n) is 4.27. The lowest BCUT2D eigenvalue weighted by atomic mass is 9.94. The van der Waals surface area contributed by atoms with Crippen molar-refractivity contribution < 1.29 is 18.3 Å². The lowest BCUT2D eigenvalue weighted by Crippen LogP contribution is -2.38. The normalized spacial score (nSPS) is 20.6. The molecule has 0 aromatic carbocycles. The average molecular weight is 494 g/mol. The first kappa shape index (κ1) is 20.9. The molecule has 7 nitrogen and oxygen atoms in total. The average Bonchev–Trinajstić information content (AvgIpc) is 3.12. The van der Waals surface area contributed by atoms with E-state index in [1.54, 1.807) is 6.07 Å². The van der Waals surface area contributed by atoms with Gasteiger partial charge in [-0.25, -0.2) is 18.1 Å². The van der Waals surface area contributed by atoms with E-state index in [1.165, 1.54) is 18.3 Å². The highest BCUT2D eigenvalue weighted by Gasteiger charge is 2.27. The predicted molar refractivity (Wildman–Crippen MR) is 111 cm³/mol. The molecule has 0 atom stereocenters. The van der Waals surface area contributed by atoms with Crippen molar-refractivity contribution in [3.63, 3.8) is 0 Å². The number of amides is 1. The van der Waals surface area contributed by atoms with E-state index < -0.39 is 10.0 Å². The van der Waals surface area contributed by atoms with Crippen LogP contribution in [0.25, 0.3) is 10.4 Å². The van der Waals surface area contributed by atoms with Crippen LogP contribution in [0.5, 0.6) is 0 Å². The number of hydrogen-bond donors (Lipinski definition) is 3. The second kappa shape index (κ2) is 8.26. The molecule has 2 aromatic rings. The Morgan fingerprint density at radius 3 is 2.59 bits per heavy atom. The number of sulfonamides is 1. The molecule has 3 N–H and O–H groups in total. The van der Waals surface area contributed by atoms with Crippen LogP contribution in [0, 0.1) is 6.92 Å². The lowest BCUT2D eigenvalue weighted by Gasteiger charge is -2.25. The quantitative estimate of drug-likeness (QED) is 0.590. The second-order valence-electron chi connectivity index (χ2n) is 6.49. The summed E-state index contributed by atoms with van der Waals surface area (Å²) in [6, 6.07) is 1.48. The topological polar surface area (TPSA) is 108 Å². The van der Waals surface area contributed by atoms with Gasteiger partial charge in [0.15, 0.2) is 5.13 Å². The maximum atomic E-state index is 12.8. The van der Waals surface area contributed by atoms with Gasteiger partial charge in [0.2, 0.25) is 15.9 Å². The molecule has 0 bridgehead atoms. The predicted octanol–water partition coefficient (Wildman–Crippen LogP) is 3.48. The monoisotopic (exact) mass is 493 g/mol. The molecular weight excluding hydrogens is 474 g/mol. The van der Waals surface area contributed by atoms with Crippen molar-refractivity contribution in [3.05, 3.63) is 15.5 Å². The van der Waals surface area contributed by atoms with Crippen molar-refractivity contribution in [2.75, 3.05) is 5.32 Å². The summed E-state index contributed by atoms with van der Waals surface area (Å²) in [7, 11) is -3.64. The molecule has 27 heavy (non-hydrogen) atoms. The van der Waals surface area contributed by atoms with E-state index in [9.17, 15) is 18.3 Å². The maximum absolute atomic E-state index is 12.8. The van der Waals surface area contributed by atoms with Gasteiger partial charge < -0.3 is 10.4 Å². The molecule has 148 valence electrons. The van der Waals surface area contributed by atoms with Crippen molar-refractivity contribution in [2.24, 2.45) is 0 Å². The summed E-state index contributed by atoms with van der Waals surface area (Å²) >= 11 is 5.91. The number of aryl methyl sites for hydroxylation is 1. The fourth-order valence-electron chi connectivity index (χ4n) is 2.96. The molecule has 11 heteroatoms. The second-order valence-corrected chi connectivity index (χ2v) is 11.8. The van der Waals surface area contributed by atoms with Gasteiger partial charge in [0, 0.05) is 18.5 Å². The number of hydrogen-bond acceptors (Lipinski definition) is 7. The van der Waals surface area contributed by atoms with Gasteiger partial charge in [-0.1, -0.05) is 11.3 Å². The highest BCUT2D eigenvalue weighted by molar-refractivity contribution is 9.11. The Morgan fingerprint density at radius 1 is 1.30 bits per heavy atom. The Balaban J connectivity index is 1.83. The van der Waals surface area contributed by atoms with Crippen LogP contribution in [-0.4, -0.2) is 36.6 Å². The fourth-order valence-corrected chi connectivity index (χ4v) is 7.87. The van der Waals surface area contributed by atoms with Crippen molar-refractivity contribution in [1.29, 1.82) is 0 Å². The van der Waals surface area contributed by atoms with Crippen molar-refractivity contribution in [3.8, 4) is 10.4 Å². The standard InChI is InChI=1S/C16H20BrN3O4S3/c1-8-14(26-16(18-8)19-9(2)21)12-7-13(25-15(12)17)27(23,24)20-10-3-5-11(22)6-4-10/h7,10-11,20,22H,3-6H2,1-2H3,(H,18,19,21). The van der Waals surface area contributed by atoms with Gasteiger partial charge >= 0.3 is 0 Å². The van der Waals surface area contributed by atoms with Crippen LogP contribution in [-0.2, 0) is 14.8 Å². The third-order valence-corrected chi connectivity index (χ3v) is 9.21. The Morgan fingerprint density at radius 2 is 1.96 bits per heavy atom. The number of aliphatic hydroxyl groups is 1. The summed E-state index contributed by atoms with van der Waals surface area (Å²) < 4.78 is 29.2. The van der Waals surface area contributed by atoms with Crippen molar-refractivity contribution >= 4 is 59.7 Å². The van der Waals surface area contributed by atoms with E-state index in [-0.39, 0.29) is 22.3 Å². The largest absolute Gasteiger partial charge is 0.393 e. The van der Waals surface area contributed by atoms with Gasteiger partial charge in [-0.3, -0.25) is 4.79 Å². The number of carbonyl (C=O) groups is 1. The van der Waals surface area contributed by atoms with Crippen LogP contribution in [0.15, 0.2) is 14.1 Å². The molecule has 2 heterocycles. The van der Waals surface area contributed by atoms with Crippen LogP contribution < -0.4 is 10.0 Å². The molecule has 1 aliphatic rings. The van der Waals surface area contributed by atoms with Gasteiger partial charge in [-0.05, 0) is 54.6 Å². The van der Waals surface area contributed by atoms with Crippen LogP contribution in [0.4, 0.5) is 5.13 Å². The zero-order chi connectivity index (χ0) is 19.8. The summed E-state index contributed by atoms with van der Waals surface area (Å²) in [5.41, 5.74) is 1.46.